The maximum Gasteiger partial charge on any atom is 0.268 e. The van der Waals surface area contributed by atoms with E-state index in [0.717, 1.165) is 22.6 Å². The lowest BCUT2D eigenvalue weighted by Gasteiger charge is -2.12. The highest BCUT2D eigenvalue weighted by atomic mass is 35.5. The van der Waals surface area contributed by atoms with Crippen molar-refractivity contribution in [3.05, 3.63) is 89.6 Å². The van der Waals surface area contributed by atoms with Crippen molar-refractivity contribution in [1.29, 1.82) is 0 Å². The van der Waals surface area contributed by atoms with Crippen molar-refractivity contribution >= 4 is 44.7 Å². The Morgan fingerprint density at radius 3 is 2.41 bits per heavy atom. The van der Waals surface area contributed by atoms with Crippen LogP contribution < -0.4 is 10.6 Å². The highest BCUT2D eigenvalue weighted by molar-refractivity contribution is 7.90. The van der Waals surface area contributed by atoms with E-state index in [1.807, 2.05) is 12.1 Å². The molecule has 0 bridgehead atoms. The minimum atomic E-state index is -4.02. The van der Waals surface area contributed by atoms with Crippen LogP contribution in [0.15, 0.2) is 71.8 Å². The number of hydrogen-bond acceptors (Lipinski definition) is 4. The molecule has 9 heteroatoms. The Bertz CT molecular complexity index is 1390. The summed E-state index contributed by atoms with van der Waals surface area (Å²) in [5.41, 5.74) is 3.33. The van der Waals surface area contributed by atoms with Crippen LogP contribution in [0.3, 0.4) is 0 Å². The van der Waals surface area contributed by atoms with E-state index in [1.54, 1.807) is 32.3 Å². The van der Waals surface area contributed by atoms with E-state index < -0.39 is 15.8 Å². The number of nitrogens with one attached hydrogen (secondary N) is 2. The molecule has 1 aromatic heterocycles. The topological polar surface area (TPSA) is 63.1 Å². The molecule has 0 atom stereocenters. The summed E-state index contributed by atoms with van der Waals surface area (Å²) in [4.78, 5) is -0.131. The number of fused-ring (bicyclic) bond motifs is 1. The Hall–Kier alpha value is -2.94. The van der Waals surface area contributed by atoms with E-state index in [-0.39, 0.29) is 23.1 Å². The van der Waals surface area contributed by atoms with Gasteiger partial charge in [0.05, 0.1) is 10.4 Å². The fourth-order valence-corrected chi connectivity index (χ4v) is 4.95. The molecule has 0 amide bonds. The largest absolute Gasteiger partial charge is 0.355 e. The maximum atomic E-state index is 13.7. The van der Waals surface area contributed by atoms with Crippen LogP contribution in [0.5, 0.6) is 0 Å². The lowest BCUT2D eigenvalue weighted by molar-refractivity contribution is 0.584. The first kappa shape index (κ1) is 23.7. The lowest BCUT2D eigenvalue weighted by Crippen LogP contribution is -2.12. The molecule has 4 aromatic rings. The number of aromatic nitrogens is 1. The normalized spacial score (nSPS) is 11.4. The number of aryl methyl sites for hydroxylation is 1. The van der Waals surface area contributed by atoms with Crippen molar-refractivity contribution in [3.8, 4) is 0 Å². The Balaban J connectivity index is 0.00000289. The summed E-state index contributed by atoms with van der Waals surface area (Å²) in [6, 6.07) is 14.7. The van der Waals surface area contributed by atoms with Gasteiger partial charge in [-0.1, -0.05) is 12.1 Å². The number of rotatable bonds is 6. The molecule has 0 unspecified atom stereocenters. The van der Waals surface area contributed by atoms with Crippen molar-refractivity contribution in [1.82, 2.24) is 9.29 Å². The third-order valence-electron chi connectivity index (χ3n) is 5.04. The second kappa shape index (κ2) is 9.28. The fourth-order valence-electron chi connectivity index (χ4n) is 3.54. The van der Waals surface area contributed by atoms with Crippen molar-refractivity contribution in [2.24, 2.45) is 0 Å². The van der Waals surface area contributed by atoms with Crippen molar-refractivity contribution in [2.75, 3.05) is 12.4 Å². The van der Waals surface area contributed by atoms with Gasteiger partial charge in [0.25, 0.3) is 10.0 Å². The van der Waals surface area contributed by atoms with Crippen LogP contribution in [-0.4, -0.2) is 19.4 Å². The molecule has 32 heavy (non-hydrogen) atoms. The van der Waals surface area contributed by atoms with Gasteiger partial charge in [-0.2, -0.15) is 0 Å². The van der Waals surface area contributed by atoms with Crippen LogP contribution in [0.4, 0.5) is 20.2 Å². The predicted molar refractivity (Wildman–Crippen MR) is 125 cm³/mol. The van der Waals surface area contributed by atoms with Crippen LogP contribution in [-0.2, 0) is 16.6 Å². The molecule has 0 aliphatic rings. The monoisotopic (exact) mass is 477 g/mol. The van der Waals surface area contributed by atoms with Gasteiger partial charge in [0, 0.05) is 29.5 Å². The average molecular weight is 478 g/mol. The number of hydrogen-bond donors (Lipinski definition) is 2. The lowest BCUT2D eigenvalue weighted by atomic mass is 10.1. The van der Waals surface area contributed by atoms with Gasteiger partial charge in [-0.3, -0.25) is 0 Å². The predicted octanol–water partition coefficient (Wildman–Crippen LogP) is 5.35. The van der Waals surface area contributed by atoms with Crippen LogP contribution in [0.25, 0.3) is 10.9 Å². The molecule has 0 fully saturated rings. The molecule has 0 radical (unpaired) electrons. The minimum Gasteiger partial charge on any atom is -0.355 e. The van der Waals surface area contributed by atoms with Gasteiger partial charge in [-0.15, -0.1) is 12.4 Å². The second-order valence-electron chi connectivity index (χ2n) is 7.26. The van der Waals surface area contributed by atoms with Crippen molar-refractivity contribution < 1.29 is 17.2 Å². The van der Waals surface area contributed by atoms with E-state index in [9.17, 15) is 17.2 Å². The minimum absolute atomic E-state index is 0. The van der Waals surface area contributed by atoms with Crippen molar-refractivity contribution in [2.45, 2.75) is 18.4 Å². The molecule has 0 aliphatic carbocycles. The smallest absolute Gasteiger partial charge is 0.268 e. The summed E-state index contributed by atoms with van der Waals surface area (Å²) < 4.78 is 54.9. The highest BCUT2D eigenvalue weighted by Crippen LogP contribution is 2.30. The van der Waals surface area contributed by atoms with Crippen LogP contribution in [0.1, 0.15) is 11.1 Å². The fraction of sp³-hybridized carbons (Fsp3) is 0.130. The Morgan fingerprint density at radius 1 is 0.969 bits per heavy atom. The molecule has 0 spiro atoms. The summed E-state index contributed by atoms with van der Waals surface area (Å²) in [7, 11) is -2.24. The van der Waals surface area contributed by atoms with E-state index in [2.05, 4.69) is 10.6 Å². The third kappa shape index (κ3) is 4.48. The van der Waals surface area contributed by atoms with Gasteiger partial charge in [-0.25, -0.2) is 21.2 Å². The summed E-state index contributed by atoms with van der Waals surface area (Å²) in [5.74, 6) is -0.951. The van der Waals surface area contributed by atoms with Crippen LogP contribution in [0.2, 0.25) is 0 Å². The Kier molecular flexibility index (Phi) is 6.88. The van der Waals surface area contributed by atoms with E-state index in [4.69, 9.17) is 0 Å². The molecule has 5 nitrogen and oxygen atoms in total. The van der Waals surface area contributed by atoms with Gasteiger partial charge in [-0.05, 0) is 73.6 Å². The summed E-state index contributed by atoms with van der Waals surface area (Å²) in [6.07, 6.45) is 1.55. The molecular formula is C23H22ClF2N3O2S. The van der Waals surface area contributed by atoms with Gasteiger partial charge >= 0.3 is 0 Å². The quantitative estimate of drug-likeness (QED) is 0.393. The molecule has 0 saturated carbocycles. The van der Waals surface area contributed by atoms with E-state index >= 15 is 0 Å². The zero-order chi connectivity index (χ0) is 22.2. The summed E-state index contributed by atoms with van der Waals surface area (Å²) in [6.45, 7) is 2.25. The van der Waals surface area contributed by atoms with Gasteiger partial charge in [0.2, 0.25) is 0 Å². The molecule has 0 aliphatic heterocycles. The van der Waals surface area contributed by atoms with E-state index in [1.165, 1.54) is 34.3 Å². The molecular weight excluding hydrogens is 456 g/mol. The highest BCUT2D eigenvalue weighted by Gasteiger charge is 2.22. The standard InChI is InChI=1S/C23H21F2N3O2S.ClH/c1-15-10-18(25)6-9-22(15)27-19-7-8-21-16(13-26-2)14-28(23(21)12-19)31(29,30)20-5-3-4-17(24)11-20;/h3-12,14,26-27H,13H2,1-2H3;1H. The molecule has 0 saturated heterocycles. The maximum absolute atomic E-state index is 13.7. The molecule has 3 aromatic carbocycles. The van der Waals surface area contributed by atoms with Gasteiger partial charge in [0.15, 0.2) is 0 Å². The molecule has 168 valence electrons. The Morgan fingerprint density at radius 2 is 1.72 bits per heavy atom. The first-order valence-corrected chi connectivity index (χ1v) is 11.1. The van der Waals surface area contributed by atoms with Crippen LogP contribution in [0, 0.1) is 18.6 Å². The SMILES string of the molecule is CNCc1cn(S(=O)(=O)c2cccc(F)c2)c2cc(Nc3ccc(F)cc3C)ccc12.Cl. The molecule has 2 N–H and O–H groups in total. The number of benzene rings is 3. The van der Waals surface area contributed by atoms with Gasteiger partial charge in [0.1, 0.15) is 11.6 Å². The Labute approximate surface area is 191 Å². The second-order valence-corrected chi connectivity index (χ2v) is 9.07. The van der Waals surface area contributed by atoms with Crippen molar-refractivity contribution in [3.63, 3.8) is 0 Å². The number of nitrogens with zero attached hydrogens (tertiary/aromatic N) is 1. The van der Waals surface area contributed by atoms with Gasteiger partial charge < -0.3 is 10.6 Å². The molecule has 1 heterocycles. The van der Waals surface area contributed by atoms with Crippen LogP contribution >= 0.6 is 12.4 Å². The number of halogens is 3. The molecule has 4 rings (SSSR count). The third-order valence-corrected chi connectivity index (χ3v) is 6.71. The summed E-state index contributed by atoms with van der Waals surface area (Å²) >= 11 is 0. The first-order chi connectivity index (χ1) is 14.8. The zero-order valence-corrected chi connectivity index (χ0v) is 19.0. The summed E-state index contributed by atoms with van der Waals surface area (Å²) in [5, 5.41) is 7.01. The zero-order valence-electron chi connectivity index (χ0n) is 17.4. The number of anilines is 2. The first-order valence-electron chi connectivity index (χ1n) is 9.62. The van der Waals surface area contributed by atoms with E-state index in [0.29, 0.717) is 23.4 Å². The average Bonchev–Trinajstić information content (AvgIpc) is 3.09.